The third kappa shape index (κ3) is 5.66. The van der Waals surface area contributed by atoms with Crippen LogP contribution in [0.1, 0.15) is 33.6 Å². The maximum atomic E-state index is 9.93. The molecule has 17 heavy (non-hydrogen) atoms. The van der Waals surface area contributed by atoms with Gasteiger partial charge in [-0.3, -0.25) is 0 Å². The van der Waals surface area contributed by atoms with Crippen molar-refractivity contribution in [2.24, 2.45) is 5.92 Å². The van der Waals surface area contributed by atoms with Crippen molar-refractivity contribution in [2.45, 2.75) is 45.3 Å². The van der Waals surface area contributed by atoms with Crippen molar-refractivity contribution in [1.82, 2.24) is 4.90 Å². The van der Waals surface area contributed by atoms with E-state index < -0.39 is 6.10 Å². The molecule has 1 N–H and O–H groups in total. The van der Waals surface area contributed by atoms with Crippen LogP contribution in [-0.2, 0) is 4.74 Å². The molecule has 1 rings (SSSR count). The predicted octanol–water partition coefficient (Wildman–Crippen LogP) is 2.06. The molecule has 100 valence electrons. The van der Waals surface area contributed by atoms with E-state index in [-0.39, 0.29) is 5.60 Å². The second kappa shape index (κ2) is 6.53. The summed E-state index contributed by atoms with van der Waals surface area (Å²) in [5.41, 5.74) is -0.350. The third-order valence-corrected chi connectivity index (χ3v) is 3.48. The summed E-state index contributed by atoms with van der Waals surface area (Å²) < 4.78 is 5.61. The zero-order valence-corrected chi connectivity index (χ0v) is 11.5. The van der Waals surface area contributed by atoms with Crippen LogP contribution in [0.5, 0.6) is 0 Å². The molecular formula is C14H27NO2. The van der Waals surface area contributed by atoms with E-state index in [0.717, 1.165) is 25.6 Å². The maximum absolute atomic E-state index is 9.93. The predicted molar refractivity (Wildman–Crippen MR) is 71.1 cm³/mol. The Kier molecular flexibility index (Phi) is 5.63. The highest BCUT2D eigenvalue weighted by Gasteiger charge is 2.20. The molecule has 1 fully saturated rings. The summed E-state index contributed by atoms with van der Waals surface area (Å²) in [4.78, 5) is 2.33. The zero-order valence-electron chi connectivity index (χ0n) is 11.5. The normalized spacial score (nSPS) is 21.4. The molecule has 1 saturated heterocycles. The lowest BCUT2D eigenvalue weighted by atomic mass is 9.99. The van der Waals surface area contributed by atoms with E-state index in [9.17, 15) is 5.11 Å². The van der Waals surface area contributed by atoms with Crippen LogP contribution in [-0.4, -0.2) is 48.0 Å². The van der Waals surface area contributed by atoms with Gasteiger partial charge in [0.1, 0.15) is 0 Å². The van der Waals surface area contributed by atoms with Crippen molar-refractivity contribution in [3.63, 3.8) is 0 Å². The first-order valence-corrected chi connectivity index (χ1v) is 6.61. The summed E-state index contributed by atoms with van der Waals surface area (Å²) in [5, 5.41) is 9.93. The highest BCUT2D eigenvalue weighted by Crippen LogP contribution is 2.16. The van der Waals surface area contributed by atoms with Gasteiger partial charge in [0.15, 0.2) is 0 Å². The molecule has 3 heteroatoms. The van der Waals surface area contributed by atoms with Crippen molar-refractivity contribution in [1.29, 1.82) is 0 Å². The fraction of sp³-hybridized carbons (Fsp3) is 0.857. The fourth-order valence-corrected chi connectivity index (χ4v) is 1.97. The SMILES string of the molecule is C=CC(C)(C)OC[C@H](O)CN1CCC(C)CC1. The Morgan fingerprint density at radius 1 is 1.47 bits per heavy atom. The van der Waals surface area contributed by atoms with Crippen molar-refractivity contribution < 1.29 is 9.84 Å². The Labute approximate surface area is 105 Å². The quantitative estimate of drug-likeness (QED) is 0.723. The van der Waals surface area contributed by atoms with Crippen LogP contribution < -0.4 is 0 Å². The number of rotatable bonds is 6. The van der Waals surface area contributed by atoms with Gasteiger partial charge in [-0.1, -0.05) is 13.0 Å². The second-order valence-electron chi connectivity index (χ2n) is 5.76. The molecule has 0 bridgehead atoms. The maximum Gasteiger partial charge on any atom is 0.0900 e. The number of aliphatic hydroxyl groups excluding tert-OH is 1. The molecule has 1 aliphatic rings. The Morgan fingerprint density at radius 3 is 2.59 bits per heavy atom. The number of nitrogens with zero attached hydrogens (tertiary/aromatic N) is 1. The molecule has 0 aliphatic carbocycles. The summed E-state index contributed by atoms with van der Waals surface area (Å²) in [5.74, 6) is 0.833. The van der Waals surface area contributed by atoms with Gasteiger partial charge in [0.25, 0.3) is 0 Å². The van der Waals surface area contributed by atoms with Crippen LogP contribution in [0.15, 0.2) is 12.7 Å². The van der Waals surface area contributed by atoms with Gasteiger partial charge in [-0.25, -0.2) is 0 Å². The molecular weight excluding hydrogens is 214 g/mol. The number of aliphatic hydroxyl groups is 1. The second-order valence-corrected chi connectivity index (χ2v) is 5.76. The Balaban J connectivity index is 2.21. The Hall–Kier alpha value is -0.380. The first kappa shape index (κ1) is 14.7. The first-order valence-electron chi connectivity index (χ1n) is 6.61. The van der Waals surface area contributed by atoms with Crippen LogP contribution >= 0.6 is 0 Å². The van der Waals surface area contributed by atoms with E-state index in [4.69, 9.17) is 4.74 Å². The fourth-order valence-electron chi connectivity index (χ4n) is 1.97. The summed E-state index contributed by atoms with van der Waals surface area (Å²) in [6, 6.07) is 0. The van der Waals surface area contributed by atoms with Crippen LogP contribution in [0.2, 0.25) is 0 Å². The van der Waals surface area contributed by atoms with Gasteiger partial charge >= 0.3 is 0 Å². The number of piperidine rings is 1. The highest BCUT2D eigenvalue weighted by atomic mass is 16.5. The molecule has 0 aromatic heterocycles. The summed E-state index contributed by atoms with van der Waals surface area (Å²) in [6.07, 6.45) is 3.85. The van der Waals surface area contributed by atoms with Crippen LogP contribution in [0, 0.1) is 5.92 Å². The van der Waals surface area contributed by atoms with Crippen LogP contribution in [0.3, 0.4) is 0 Å². The van der Waals surface area contributed by atoms with Gasteiger partial charge in [0.05, 0.1) is 18.3 Å². The third-order valence-electron chi connectivity index (χ3n) is 3.48. The van der Waals surface area contributed by atoms with Crippen molar-refractivity contribution in [2.75, 3.05) is 26.2 Å². The van der Waals surface area contributed by atoms with Crippen LogP contribution in [0.25, 0.3) is 0 Å². The lowest BCUT2D eigenvalue weighted by Crippen LogP contribution is -2.40. The molecule has 0 unspecified atom stereocenters. The van der Waals surface area contributed by atoms with Gasteiger partial charge in [-0.15, -0.1) is 6.58 Å². The average Bonchev–Trinajstić information content (AvgIpc) is 2.30. The smallest absolute Gasteiger partial charge is 0.0900 e. The van der Waals surface area contributed by atoms with E-state index in [1.54, 1.807) is 6.08 Å². The minimum absolute atomic E-state index is 0.350. The number of ether oxygens (including phenoxy) is 1. The van der Waals surface area contributed by atoms with Gasteiger partial charge < -0.3 is 14.7 Å². The summed E-state index contributed by atoms with van der Waals surface area (Å²) in [6.45, 7) is 13.2. The average molecular weight is 241 g/mol. The van der Waals surface area contributed by atoms with E-state index in [2.05, 4.69) is 18.4 Å². The van der Waals surface area contributed by atoms with E-state index in [1.807, 2.05) is 13.8 Å². The summed E-state index contributed by atoms with van der Waals surface area (Å²) >= 11 is 0. The molecule has 0 aromatic rings. The standard InChI is InChI=1S/C14H27NO2/c1-5-14(3,4)17-11-13(16)10-15-8-6-12(2)7-9-15/h5,12-13,16H,1,6-11H2,2-4H3/t13-/m1/s1. The Bertz CT molecular complexity index is 232. The van der Waals surface area contributed by atoms with Gasteiger partial charge in [0, 0.05) is 6.54 Å². The van der Waals surface area contributed by atoms with Crippen LogP contribution in [0.4, 0.5) is 0 Å². The van der Waals surface area contributed by atoms with Gasteiger partial charge in [-0.05, 0) is 45.7 Å². The minimum Gasteiger partial charge on any atom is -0.389 e. The number of β-amino-alcohol motifs (C(OH)–C–C–N with tert-alkyl or cyclic N) is 1. The number of likely N-dealkylation sites (tertiary alicyclic amines) is 1. The van der Waals surface area contributed by atoms with E-state index in [0.29, 0.717) is 6.61 Å². The summed E-state index contributed by atoms with van der Waals surface area (Å²) in [7, 11) is 0. The molecule has 3 nitrogen and oxygen atoms in total. The minimum atomic E-state index is -0.400. The molecule has 1 aliphatic heterocycles. The number of hydrogen-bond acceptors (Lipinski definition) is 3. The Morgan fingerprint density at radius 2 is 2.06 bits per heavy atom. The largest absolute Gasteiger partial charge is 0.389 e. The molecule has 0 amide bonds. The van der Waals surface area contributed by atoms with Gasteiger partial charge in [0.2, 0.25) is 0 Å². The molecule has 0 spiro atoms. The first-order chi connectivity index (χ1) is 7.93. The lowest BCUT2D eigenvalue weighted by Gasteiger charge is -2.32. The van der Waals surface area contributed by atoms with E-state index in [1.165, 1.54) is 12.8 Å². The van der Waals surface area contributed by atoms with Gasteiger partial charge in [-0.2, -0.15) is 0 Å². The monoisotopic (exact) mass is 241 g/mol. The highest BCUT2D eigenvalue weighted by molar-refractivity contribution is 4.89. The molecule has 0 saturated carbocycles. The molecule has 0 radical (unpaired) electrons. The molecule has 1 heterocycles. The van der Waals surface area contributed by atoms with Crippen molar-refractivity contribution in [3.8, 4) is 0 Å². The van der Waals surface area contributed by atoms with Crippen molar-refractivity contribution in [3.05, 3.63) is 12.7 Å². The molecule has 1 atom stereocenters. The van der Waals surface area contributed by atoms with E-state index >= 15 is 0 Å². The topological polar surface area (TPSA) is 32.7 Å². The van der Waals surface area contributed by atoms with Crippen molar-refractivity contribution >= 4 is 0 Å². The molecule has 0 aromatic carbocycles. The lowest BCUT2D eigenvalue weighted by molar-refractivity contribution is -0.0437. The number of hydrogen-bond donors (Lipinski definition) is 1. The zero-order chi connectivity index (χ0) is 12.9.